The van der Waals surface area contributed by atoms with E-state index >= 15 is 0 Å². The normalized spacial score (nSPS) is 30.4. The van der Waals surface area contributed by atoms with Crippen molar-refractivity contribution in [2.75, 3.05) is 6.54 Å². The molecule has 1 amide bonds. The molecule has 3 rings (SSSR count). The summed E-state index contributed by atoms with van der Waals surface area (Å²) in [6.07, 6.45) is 10.5. The van der Waals surface area contributed by atoms with Crippen molar-refractivity contribution >= 4 is 5.91 Å². The van der Waals surface area contributed by atoms with E-state index in [1.165, 1.54) is 6.33 Å². The Morgan fingerprint density at radius 3 is 2.65 bits per heavy atom. The largest absolute Gasteiger partial charge is 0.393 e. The van der Waals surface area contributed by atoms with Crippen LogP contribution in [0.4, 0.5) is 0 Å². The average molecular weight is 275 g/mol. The third-order valence-electron chi connectivity index (χ3n) is 4.64. The van der Waals surface area contributed by atoms with Crippen LogP contribution in [-0.4, -0.2) is 44.6 Å². The lowest BCUT2D eigenvalue weighted by Crippen LogP contribution is -2.45. The number of carbonyl (C=O) groups excluding carboxylic acids is 1. The number of carbonyl (C=O) groups is 1. The Balaban J connectivity index is 1.77. The van der Waals surface area contributed by atoms with E-state index in [4.69, 9.17) is 0 Å². The minimum atomic E-state index is -0.255. The van der Waals surface area contributed by atoms with Gasteiger partial charge in [-0.15, -0.1) is 0 Å². The number of aromatic nitrogens is 2. The zero-order valence-corrected chi connectivity index (χ0v) is 11.6. The molecule has 1 N–H and O–H groups in total. The van der Waals surface area contributed by atoms with Crippen LogP contribution in [0.25, 0.3) is 0 Å². The molecule has 3 atom stereocenters. The number of hydrogen-bond donors (Lipinski definition) is 1. The lowest BCUT2D eigenvalue weighted by atomic mass is 9.80. The number of amides is 1. The molecule has 1 aromatic rings. The van der Waals surface area contributed by atoms with Gasteiger partial charge in [-0.1, -0.05) is 12.8 Å². The Kier molecular flexibility index (Phi) is 3.96. The van der Waals surface area contributed by atoms with Crippen LogP contribution in [0.1, 0.15) is 48.9 Å². The molecule has 5 heteroatoms. The summed E-state index contributed by atoms with van der Waals surface area (Å²) in [7, 11) is 0. The molecule has 20 heavy (non-hydrogen) atoms. The van der Waals surface area contributed by atoms with Crippen LogP contribution >= 0.6 is 0 Å². The highest BCUT2D eigenvalue weighted by Gasteiger charge is 2.39. The summed E-state index contributed by atoms with van der Waals surface area (Å²) in [5.41, 5.74) is 0.546. The van der Waals surface area contributed by atoms with Gasteiger partial charge in [-0.05, 0) is 25.7 Å². The first-order chi connectivity index (χ1) is 9.77. The fourth-order valence-electron chi connectivity index (χ4n) is 3.65. The van der Waals surface area contributed by atoms with Crippen LogP contribution in [-0.2, 0) is 0 Å². The molecule has 0 radical (unpaired) electrons. The van der Waals surface area contributed by atoms with Crippen molar-refractivity contribution in [2.45, 2.75) is 50.7 Å². The van der Waals surface area contributed by atoms with Gasteiger partial charge in [-0.2, -0.15) is 0 Å². The Morgan fingerprint density at radius 1 is 1.15 bits per heavy atom. The van der Waals surface area contributed by atoms with Gasteiger partial charge in [0.25, 0.3) is 5.91 Å². The molecular weight excluding hydrogens is 254 g/mol. The van der Waals surface area contributed by atoms with Gasteiger partial charge >= 0.3 is 0 Å². The van der Waals surface area contributed by atoms with Gasteiger partial charge < -0.3 is 10.0 Å². The van der Waals surface area contributed by atoms with Gasteiger partial charge in [0.15, 0.2) is 0 Å². The van der Waals surface area contributed by atoms with Crippen molar-refractivity contribution in [1.29, 1.82) is 0 Å². The minimum absolute atomic E-state index is 0.00544. The Bertz CT molecular complexity index is 465. The molecule has 2 aliphatic rings. The number of aliphatic hydroxyl groups excluding tert-OH is 1. The molecule has 5 nitrogen and oxygen atoms in total. The molecule has 1 aromatic heterocycles. The van der Waals surface area contributed by atoms with E-state index in [0.29, 0.717) is 5.56 Å². The molecule has 0 unspecified atom stereocenters. The number of aliphatic hydroxyl groups is 1. The fraction of sp³-hybridized carbons (Fsp3) is 0.667. The lowest BCUT2D eigenvalue weighted by Gasteiger charge is -2.37. The minimum Gasteiger partial charge on any atom is -0.393 e. The molecule has 2 heterocycles. The van der Waals surface area contributed by atoms with Gasteiger partial charge in [0.05, 0.1) is 11.7 Å². The quantitative estimate of drug-likeness (QED) is 0.891. The van der Waals surface area contributed by atoms with E-state index in [9.17, 15) is 9.90 Å². The van der Waals surface area contributed by atoms with Crippen molar-refractivity contribution in [3.05, 3.63) is 24.3 Å². The molecule has 1 aliphatic heterocycles. The van der Waals surface area contributed by atoms with Gasteiger partial charge in [-0.3, -0.25) is 4.79 Å². The monoisotopic (exact) mass is 275 g/mol. The van der Waals surface area contributed by atoms with E-state index in [2.05, 4.69) is 9.97 Å². The lowest BCUT2D eigenvalue weighted by molar-refractivity contribution is 0.0211. The summed E-state index contributed by atoms with van der Waals surface area (Å²) >= 11 is 0. The first-order valence-corrected chi connectivity index (χ1v) is 7.51. The van der Waals surface area contributed by atoms with Crippen molar-refractivity contribution < 1.29 is 9.90 Å². The first kappa shape index (κ1) is 13.5. The van der Waals surface area contributed by atoms with Gasteiger partial charge in [-0.25, -0.2) is 9.97 Å². The molecule has 2 fully saturated rings. The molecular formula is C15H21N3O2. The number of likely N-dealkylation sites (tertiary alicyclic amines) is 1. The van der Waals surface area contributed by atoms with Gasteiger partial charge in [0, 0.05) is 30.9 Å². The molecule has 1 aliphatic carbocycles. The summed E-state index contributed by atoms with van der Waals surface area (Å²) in [5, 5.41) is 10.2. The Morgan fingerprint density at radius 2 is 1.90 bits per heavy atom. The van der Waals surface area contributed by atoms with Crippen LogP contribution < -0.4 is 0 Å². The molecule has 0 spiro atoms. The van der Waals surface area contributed by atoms with Crippen molar-refractivity contribution in [1.82, 2.24) is 14.9 Å². The van der Waals surface area contributed by atoms with E-state index in [0.717, 1.165) is 45.1 Å². The summed E-state index contributed by atoms with van der Waals surface area (Å²) in [5.74, 6) is 0.241. The number of hydrogen-bond acceptors (Lipinski definition) is 4. The summed E-state index contributed by atoms with van der Waals surface area (Å²) in [6.45, 7) is 0.779. The topological polar surface area (TPSA) is 66.3 Å². The highest BCUT2D eigenvalue weighted by atomic mass is 16.3. The molecule has 1 saturated carbocycles. The second-order valence-electron chi connectivity index (χ2n) is 5.85. The third-order valence-corrected chi connectivity index (χ3v) is 4.64. The van der Waals surface area contributed by atoms with Crippen LogP contribution in [0.15, 0.2) is 18.7 Å². The van der Waals surface area contributed by atoms with E-state index < -0.39 is 0 Å². The van der Waals surface area contributed by atoms with Crippen molar-refractivity contribution in [2.24, 2.45) is 5.92 Å². The van der Waals surface area contributed by atoms with Crippen molar-refractivity contribution in [3.63, 3.8) is 0 Å². The second kappa shape index (κ2) is 5.87. The fourth-order valence-corrected chi connectivity index (χ4v) is 3.65. The smallest absolute Gasteiger partial charge is 0.257 e. The maximum atomic E-state index is 12.6. The zero-order chi connectivity index (χ0) is 13.9. The maximum Gasteiger partial charge on any atom is 0.257 e. The molecule has 1 saturated heterocycles. The standard InChI is InChI=1S/C15H21N3O2/c19-14-6-2-1-4-12(14)13-5-3-7-18(13)15(20)11-8-16-10-17-9-11/h8-10,12-14,19H,1-7H2/t12-,13+,14-/m0/s1. The summed E-state index contributed by atoms with van der Waals surface area (Å²) in [4.78, 5) is 22.3. The third kappa shape index (κ3) is 2.54. The Hall–Kier alpha value is -1.49. The molecule has 0 aromatic carbocycles. The van der Waals surface area contributed by atoms with E-state index in [-0.39, 0.29) is 24.0 Å². The second-order valence-corrected chi connectivity index (χ2v) is 5.85. The van der Waals surface area contributed by atoms with Gasteiger partial charge in [0.1, 0.15) is 6.33 Å². The van der Waals surface area contributed by atoms with E-state index in [1.54, 1.807) is 12.4 Å². The predicted octanol–water partition coefficient (Wildman–Crippen LogP) is 1.63. The Labute approximate surface area is 119 Å². The number of nitrogens with zero attached hydrogens (tertiary/aromatic N) is 3. The average Bonchev–Trinajstić information content (AvgIpc) is 2.97. The number of rotatable bonds is 2. The summed E-state index contributed by atoms with van der Waals surface area (Å²) < 4.78 is 0. The molecule has 0 bridgehead atoms. The van der Waals surface area contributed by atoms with Crippen molar-refractivity contribution in [3.8, 4) is 0 Å². The first-order valence-electron chi connectivity index (χ1n) is 7.51. The molecule has 108 valence electrons. The maximum absolute atomic E-state index is 12.6. The van der Waals surface area contributed by atoms with Crippen LogP contribution in [0, 0.1) is 5.92 Å². The van der Waals surface area contributed by atoms with Gasteiger partial charge in [0.2, 0.25) is 0 Å². The SMILES string of the molecule is O=C(c1cncnc1)N1CCC[C@@H]1[C@@H]1CCCC[C@@H]1O. The van der Waals surface area contributed by atoms with Crippen LogP contribution in [0.5, 0.6) is 0 Å². The van der Waals surface area contributed by atoms with Crippen LogP contribution in [0.2, 0.25) is 0 Å². The zero-order valence-electron chi connectivity index (χ0n) is 11.6. The predicted molar refractivity (Wildman–Crippen MR) is 74.1 cm³/mol. The highest BCUT2D eigenvalue weighted by molar-refractivity contribution is 5.94. The van der Waals surface area contributed by atoms with Crippen LogP contribution in [0.3, 0.4) is 0 Å². The summed E-state index contributed by atoms with van der Waals surface area (Å²) in [6, 6.07) is 0.179. The van der Waals surface area contributed by atoms with E-state index in [1.807, 2.05) is 4.90 Å². The highest BCUT2D eigenvalue weighted by Crippen LogP contribution is 2.35.